The van der Waals surface area contributed by atoms with Crippen molar-refractivity contribution in [1.82, 2.24) is 9.97 Å². The molecule has 1 unspecified atom stereocenters. The summed E-state index contributed by atoms with van der Waals surface area (Å²) in [7, 11) is -0.891. The number of nitrogens with zero attached hydrogens (tertiary/aromatic N) is 4. The van der Waals surface area contributed by atoms with Crippen LogP contribution >= 0.6 is 23.2 Å². The summed E-state index contributed by atoms with van der Waals surface area (Å²) in [6.07, 6.45) is 6.24. The van der Waals surface area contributed by atoms with Crippen LogP contribution in [0.4, 0.5) is 11.5 Å². The predicted molar refractivity (Wildman–Crippen MR) is 144 cm³/mol. The van der Waals surface area contributed by atoms with Crippen molar-refractivity contribution in [3.05, 3.63) is 75.2 Å². The second kappa shape index (κ2) is 10.4. The molecule has 1 atom stereocenters. The first-order valence-electron chi connectivity index (χ1n) is 10.9. The Morgan fingerprint density at radius 3 is 2.61 bits per heavy atom. The molecule has 8 nitrogen and oxygen atoms in total. The van der Waals surface area contributed by atoms with Crippen LogP contribution in [0, 0.1) is 22.2 Å². The van der Waals surface area contributed by atoms with Gasteiger partial charge in [0.1, 0.15) is 24.2 Å². The fourth-order valence-corrected chi connectivity index (χ4v) is 5.90. The Kier molecular flexibility index (Phi) is 7.50. The van der Waals surface area contributed by atoms with E-state index in [1.165, 1.54) is 12.4 Å². The SMILES string of the molecule is CS(=O)CC1(C)CN(c2ncc(C(=N)c3cc(OCc4c(Cl)cncc4Cl)ccc3N)cc2C#N)C1. The highest BCUT2D eigenvalue weighted by atomic mass is 35.5. The summed E-state index contributed by atoms with van der Waals surface area (Å²) in [6, 6.07) is 8.84. The average Bonchev–Trinajstić information content (AvgIpc) is 2.82. The van der Waals surface area contributed by atoms with Crippen LogP contribution in [0.25, 0.3) is 0 Å². The summed E-state index contributed by atoms with van der Waals surface area (Å²) in [5.41, 5.74) is 8.47. The standard InChI is InChI=1S/C25H24Cl2N6O2S/c1-25(14-36(2)34)12-33(13-25)24-15(7-28)5-16(8-32-24)23(30)18-6-17(3-4-22(18)29)35-11-19-20(26)9-31-10-21(19)27/h3-6,8-10,30H,11-14,29H2,1-2H3. The molecule has 2 aromatic heterocycles. The summed E-state index contributed by atoms with van der Waals surface area (Å²) in [5.74, 6) is 1.64. The second-order valence-electron chi connectivity index (χ2n) is 9.09. The minimum atomic E-state index is -0.891. The van der Waals surface area contributed by atoms with E-state index >= 15 is 0 Å². The Bertz CT molecular complexity index is 1380. The smallest absolute Gasteiger partial charge is 0.146 e. The summed E-state index contributed by atoms with van der Waals surface area (Å²) >= 11 is 12.3. The zero-order chi connectivity index (χ0) is 26.0. The molecule has 4 rings (SSSR count). The molecule has 3 heterocycles. The quantitative estimate of drug-likeness (QED) is 0.318. The van der Waals surface area contributed by atoms with Gasteiger partial charge in [-0.25, -0.2) is 4.98 Å². The highest BCUT2D eigenvalue weighted by molar-refractivity contribution is 7.84. The van der Waals surface area contributed by atoms with Crippen LogP contribution in [-0.4, -0.2) is 45.0 Å². The van der Waals surface area contributed by atoms with Crippen LogP contribution in [0.3, 0.4) is 0 Å². The van der Waals surface area contributed by atoms with Crippen LogP contribution < -0.4 is 15.4 Å². The molecule has 0 radical (unpaired) electrons. The van der Waals surface area contributed by atoms with Crippen molar-refractivity contribution in [2.45, 2.75) is 13.5 Å². The van der Waals surface area contributed by atoms with E-state index in [0.717, 1.165) is 0 Å². The van der Waals surface area contributed by atoms with Crippen LogP contribution in [0.2, 0.25) is 10.0 Å². The van der Waals surface area contributed by atoms with E-state index < -0.39 is 10.8 Å². The third-order valence-electron chi connectivity index (χ3n) is 5.90. The van der Waals surface area contributed by atoms with Crippen molar-refractivity contribution < 1.29 is 8.95 Å². The van der Waals surface area contributed by atoms with Crippen LogP contribution in [-0.2, 0) is 17.4 Å². The molecule has 1 saturated heterocycles. The number of nitrogens with two attached hydrogens (primary N) is 1. The van der Waals surface area contributed by atoms with Gasteiger partial charge in [0.15, 0.2) is 0 Å². The number of nitrogen functional groups attached to an aromatic ring is 1. The third kappa shape index (κ3) is 5.46. The molecule has 0 amide bonds. The van der Waals surface area contributed by atoms with Crippen LogP contribution in [0.1, 0.15) is 29.2 Å². The van der Waals surface area contributed by atoms with Gasteiger partial charge in [-0.05, 0) is 24.3 Å². The lowest BCUT2D eigenvalue weighted by atomic mass is 9.84. The van der Waals surface area contributed by atoms with Crippen molar-refractivity contribution in [3.63, 3.8) is 0 Å². The number of nitrogens with one attached hydrogen (secondary N) is 1. The van der Waals surface area contributed by atoms with Crippen molar-refractivity contribution in [1.29, 1.82) is 10.7 Å². The molecule has 1 aromatic carbocycles. The molecule has 1 fully saturated rings. The minimum absolute atomic E-state index is 0.0704. The molecule has 1 aliphatic rings. The first-order chi connectivity index (χ1) is 17.1. The molecule has 1 aliphatic heterocycles. The number of halogens is 2. The molecule has 36 heavy (non-hydrogen) atoms. The number of aromatic nitrogens is 2. The van der Waals surface area contributed by atoms with Gasteiger partial charge < -0.3 is 15.4 Å². The Hall–Kier alpha value is -3.19. The van der Waals surface area contributed by atoms with Gasteiger partial charge in [-0.15, -0.1) is 0 Å². The van der Waals surface area contributed by atoms with Gasteiger partial charge in [0.25, 0.3) is 0 Å². The van der Waals surface area contributed by atoms with Crippen LogP contribution in [0.5, 0.6) is 5.75 Å². The number of pyridine rings is 2. The molecule has 0 bridgehead atoms. The molecule has 11 heteroatoms. The van der Waals surface area contributed by atoms with Crippen LogP contribution in [0.15, 0.2) is 42.9 Å². The Balaban J connectivity index is 1.53. The monoisotopic (exact) mass is 542 g/mol. The summed E-state index contributed by atoms with van der Waals surface area (Å²) in [4.78, 5) is 10.4. The Morgan fingerprint density at radius 1 is 1.28 bits per heavy atom. The van der Waals surface area contributed by atoms with Gasteiger partial charge in [-0.2, -0.15) is 5.26 Å². The van der Waals surface area contributed by atoms with E-state index in [4.69, 9.17) is 39.1 Å². The second-order valence-corrected chi connectivity index (χ2v) is 11.3. The predicted octanol–water partition coefficient (Wildman–Crippen LogP) is 4.44. The number of hydrogen-bond donors (Lipinski definition) is 2. The summed E-state index contributed by atoms with van der Waals surface area (Å²) in [6.45, 7) is 3.54. The number of anilines is 2. The first kappa shape index (κ1) is 25.9. The molecule has 0 spiro atoms. The van der Waals surface area contributed by atoms with E-state index in [9.17, 15) is 9.47 Å². The van der Waals surface area contributed by atoms with Gasteiger partial charge in [0.2, 0.25) is 0 Å². The van der Waals surface area contributed by atoms with Crippen molar-refractivity contribution >= 4 is 51.2 Å². The van der Waals surface area contributed by atoms with Crippen molar-refractivity contribution in [2.75, 3.05) is 35.7 Å². The summed E-state index contributed by atoms with van der Waals surface area (Å²) in [5, 5.41) is 19.3. The largest absolute Gasteiger partial charge is 0.489 e. The van der Waals surface area contributed by atoms with E-state index in [1.54, 1.807) is 36.7 Å². The molecule has 3 aromatic rings. The lowest BCUT2D eigenvalue weighted by molar-refractivity contribution is 0.280. The molecular weight excluding hydrogens is 519 g/mol. The molecule has 186 valence electrons. The maximum absolute atomic E-state index is 11.6. The lowest BCUT2D eigenvalue weighted by Crippen LogP contribution is -2.57. The highest BCUT2D eigenvalue weighted by Gasteiger charge is 2.41. The van der Waals surface area contributed by atoms with Gasteiger partial charge in [0.05, 0.1) is 21.3 Å². The first-order valence-corrected chi connectivity index (χ1v) is 13.4. The number of hydrogen-bond acceptors (Lipinski definition) is 8. The zero-order valence-corrected chi connectivity index (χ0v) is 22.0. The Morgan fingerprint density at radius 2 is 1.97 bits per heavy atom. The highest BCUT2D eigenvalue weighted by Crippen LogP contribution is 2.36. The molecule has 0 aliphatic carbocycles. The number of rotatable bonds is 8. The molecule has 3 N–H and O–H groups in total. The fraction of sp³-hybridized carbons (Fsp3) is 0.280. The van der Waals surface area contributed by atoms with E-state index in [0.29, 0.717) is 68.4 Å². The average molecular weight is 543 g/mol. The van der Waals surface area contributed by atoms with Gasteiger partial charge in [0, 0.05) is 82.3 Å². The normalized spacial score (nSPS) is 15.0. The molecular formula is C25H24Cl2N6O2S. The minimum Gasteiger partial charge on any atom is -0.489 e. The van der Waals surface area contributed by atoms with E-state index in [-0.39, 0.29) is 17.7 Å². The van der Waals surface area contributed by atoms with E-state index in [2.05, 4.69) is 23.0 Å². The number of nitriles is 1. The van der Waals surface area contributed by atoms with Crippen molar-refractivity contribution in [2.24, 2.45) is 5.41 Å². The van der Waals surface area contributed by atoms with Gasteiger partial charge >= 0.3 is 0 Å². The maximum Gasteiger partial charge on any atom is 0.146 e. The number of benzene rings is 1. The van der Waals surface area contributed by atoms with E-state index in [1.807, 2.05) is 4.90 Å². The molecule has 0 saturated carbocycles. The maximum atomic E-state index is 11.6. The van der Waals surface area contributed by atoms with Gasteiger partial charge in [-0.3, -0.25) is 14.6 Å². The summed E-state index contributed by atoms with van der Waals surface area (Å²) < 4.78 is 17.5. The fourth-order valence-electron chi connectivity index (χ4n) is 4.26. The zero-order valence-electron chi connectivity index (χ0n) is 19.7. The lowest BCUT2D eigenvalue weighted by Gasteiger charge is -2.48. The third-order valence-corrected chi connectivity index (χ3v) is 7.66. The topological polar surface area (TPSA) is 129 Å². The van der Waals surface area contributed by atoms with Gasteiger partial charge in [-0.1, -0.05) is 30.1 Å². The van der Waals surface area contributed by atoms with Crippen molar-refractivity contribution in [3.8, 4) is 11.8 Å². The Labute approximate surface area is 222 Å². The number of ether oxygens (including phenoxy) is 1.